The van der Waals surface area contributed by atoms with Crippen LogP contribution < -0.4 is 0 Å². The van der Waals surface area contributed by atoms with Crippen molar-refractivity contribution in [1.29, 1.82) is 0 Å². The quantitative estimate of drug-likeness (QED) is 0.581. The summed E-state index contributed by atoms with van der Waals surface area (Å²) in [4.78, 5) is 23.1. The third-order valence-corrected chi connectivity index (χ3v) is 6.97. The van der Waals surface area contributed by atoms with Crippen LogP contribution in [-0.4, -0.2) is 69.1 Å². The summed E-state index contributed by atoms with van der Waals surface area (Å²) in [6.45, 7) is 1.83. The van der Waals surface area contributed by atoms with Gasteiger partial charge in [-0.1, -0.05) is 0 Å². The van der Waals surface area contributed by atoms with E-state index in [1.54, 1.807) is 6.20 Å². The molecular formula is C15H18N4O3S2. The molecule has 0 aliphatic carbocycles. The van der Waals surface area contributed by atoms with Gasteiger partial charge in [-0.2, -0.15) is 0 Å². The van der Waals surface area contributed by atoms with Gasteiger partial charge in [0.15, 0.2) is 10.8 Å². The molecule has 3 aliphatic heterocycles. The maximum atomic E-state index is 12.2. The van der Waals surface area contributed by atoms with E-state index in [0.29, 0.717) is 25.1 Å². The first-order valence-corrected chi connectivity index (χ1v) is 10.0. The summed E-state index contributed by atoms with van der Waals surface area (Å²) >= 11 is 0.611. The van der Waals surface area contributed by atoms with Crippen molar-refractivity contribution < 1.29 is 14.1 Å². The van der Waals surface area contributed by atoms with Crippen LogP contribution in [0.25, 0.3) is 0 Å². The number of fused-ring (bicyclic) bond motifs is 1. The molecule has 0 radical (unpaired) electrons. The number of thiazole rings is 1. The summed E-state index contributed by atoms with van der Waals surface area (Å²) in [5.41, 5.74) is 1.54. The molecule has 2 unspecified atom stereocenters. The van der Waals surface area contributed by atoms with Gasteiger partial charge in [0.1, 0.15) is 5.75 Å². The first-order valence-electron chi connectivity index (χ1n) is 7.86. The number of methoxy groups -OCH3 is 1. The molecule has 24 heavy (non-hydrogen) atoms. The van der Waals surface area contributed by atoms with E-state index in [2.05, 4.69) is 19.2 Å². The number of hydrogen-bond acceptors (Lipinski definition) is 8. The van der Waals surface area contributed by atoms with Crippen molar-refractivity contribution in [1.82, 2.24) is 14.2 Å². The zero-order valence-electron chi connectivity index (χ0n) is 13.3. The van der Waals surface area contributed by atoms with E-state index in [0.717, 1.165) is 35.3 Å². The molecule has 0 amide bonds. The number of aromatic nitrogens is 1. The number of amidine groups is 1. The van der Waals surface area contributed by atoms with E-state index < -0.39 is 11.4 Å². The number of aliphatic imine (C=N–C) groups is 1. The third-order valence-electron chi connectivity index (χ3n) is 4.56. The van der Waals surface area contributed by atoms with E-state index >= 15 is 0 Å². The second kappa shape index (κ2) is 6.47. The number of carbonyl (C=O) groups excluding carboxylic acids is 1. The van der Waals surface area contributed by atoms with Crippen molar-refractivity contribution in [2.45, 2.75) is 18.9 Å². The highest BCUT2D eigenvalue weighted by Gasteiger charge is 2.44. The number of rotatable bonds is 3. The third kappa shape index (κ3) is 2.65. The summed E-state index contributed by atoms with van der Waals surface area (Å²) in [5, 5.41) is 2.76. The largest absolute Gasteiger partial charge is 0.598 e. The van der Waals surface area contributed by atoms with Crippen molar-refractivity contribution in [3.63, 3.8) is 0 Å². The predicted octanol–water partition coefficient (Wildman–Crippen LogP) is 0.774. The molecule has 0 saturated carbocycles. The summed E-state index contributed by atoms with van der Waals surface area (Å²) in [7, 11) is 1.39. The van der Waals surface area contributed by atoms with Crippen LogP contribution >= 0.6 is 11.3 Å². The van der Waals surface area contributed by atoms with Crippen LogP contribution in [0.15, 0.2) is 27.8 Å². The van der Waals surface area contributed by atoms with E-state index in [1.165, 1.54) is 18.4 Å². The lowest BCUT2D eigenvalue weighted by molar-refractivity contribution is -0.136. The van der Waals surface area contributed by atoms with Crippen LogP contribution in [0.5, 0.6) is 0 Å². The fraction of sp³-hybridized carbons (Fsp3) is 0.533. The Hall–Kier alpha value is -1.42. The molecule has 0 aromatic carbocycles. The van der Waals surface area contributed by atoms with Crippen LogP contribution in [0.2, 0.25) is 0 Å². The standard InChI is InChI=1S/C15H18N4O3S2/c1-22-15(20)11-8-17-13(14-16-3-5-23-14)18-9-10(7-12(11)18)19-4-2-6-24(19)21/h3,5,10H,2,4,6-9H2,1H3. The van der Waals surface area contributed by atoms with Gasteiger partial charge in [-0.05, 0) is 0 Å². The Morgan fingerprint density at radius 3 is 3.08 bits per heavy atom. The van der Waals surface area contributed by atoms with Gasteiger partial charge < -0.3 is 14.2 Å². The molecule has 2 fully saturated rings. The Bertz CT molecular complexity index is 704. The number of hydrogen-bond donors (Lipinski definition) is 0. The molecule has 2 atom stereocenters. The molecule has 4 rings (SSSR count). The zero-order chi connectivity index (χ0) is 16.7. The normalized spacial score (nSPS) is 27.4. The van der Waals surface area contributed by atoms with Gasteiger partial charge in [0, 0.05) is 54.6 Å². The average molecular weight is 366 g/mol. The van der Waals surface area contributed by atoms with Gasteiger partial charge in [-0.15, -0.1) is 15.6 Å². The summed E-state index contributed by atoms with van der Waals surface area (Å²) < 4.78 is 19.2. The van der Waals surface area contributed by atoms with Crippen LogP contribution in [0.4, 0.5) is 0 Å². The van der Waals surface area contributed by atoms with E-state index in [1.807, 2.05) is 5.38 Å². The minimum absolute atomic E-state index is 0.131. The molecule has 9 heteroatoms. The van der Waals surface area contributed by atoms with E-state index in [-0.39, 0.29) is 12.0 Å². The lowest BCUT2D eigenvalue weighted by Gasteiger charge is -2.27. The molecule has 4 heterocycles. The molecule has 1 aromatic rings. The lowest BCUT2D eigenvalue weighted by atomic mass is 10.1. The smallest absolute Gasteiger partial charge is 0.337 e. The average Bonchev–Trinajstić information content (AvgIpc) is 3.32. The van der Waals surface area contributed by atoms with E-state index in [4.69, 9.17) is 4.74 Å². The Morgan fingerprint density at radius 2 is 2.42 bits per heavy atom. The van der Waals surface area contributed by atoms with Crippen LogP contribution in [0.3, 0.4) is 0 Å². The van der Waals surface area contributed by atoms with Crippen molar-refractivity contribution in [3.05, 3.63) is 27.9 Å². The lowest BCUT2D eigenvalue weighted by Crippen LogP contribution is -2.40. The van der Waals surface area contributed by atoms with Crippen molar-refractivity contribution in [2.75, 3.05) is 32.5 Å². The molecule has 128 valence electrons. The number of carbonyl (C=O) groups is 1. The molecule has 0 spiro atoms. The fourth-order valence-corrected chi connectivity index (χ4v) is 5.55. The van der Waals surface area contributed by atoms with Crippen LogP contribution in [0, 0.1) is 0 Å². The molecule has 0 bridgehead atoms. The highest BCUT2D eigenvalue weighted by molar-refractivity contribution is 7.89. The maximum absolute atomic E-state index is 12.2. The Labute approximate surface area is 147 Å². The first-order chi connectivity index (χ1) is 11.7. The predicted molar refractivity (Wildman–Crippen MR) is 92.0 cm³/mol. The Morgan fingerprint density at radius 1 is 1.54 bits per heavy atom. The molecule has 1 aromatic heterocycles. The monoisotopic (exact) mass is 366 g/mol. The van der Waals surface area contributed by atoms with Crippen molar-refractivity contribution in [3.8, 4) is 0 Å². The Kier molecular flexibility index (Phi) is 4.33. The first kappa shape index (κ1) is 16.1. The zero-order valence-corrected chi connectivity index (χ0v) is 14.9. The molecule has 7 nitrogen and oxygen atoms in total. The SMILES string of the molecule is COC(=O)C1=C2CC(N3CCC[S+]3[O-])CN2C(c2nccs2)=NC1. The number of nitrogens with zero attached hydrogens (tertiary/aromatic N) is 4. The fourth-order valence-electron chi connectivity index (χ4n) is 3.48. The van der Waals surface area contributed by atoms with Crippen molar-refractivity contribution in [2.24, 2.45) is 4.99 Å². The van der Waals surface area contributed by atoms with Gasteiger partial charge in [0.25, 0.3) is 0 Å². The van der Waals surface area contributed by atoms with Gasteiger partial charge in [-0.3, -0.25) is 4.99 Å². The second-order valence-corrected chi connectivity index (χ2v) is 8.30. The van der Waals surface area contributed by atoms with Crippen molar-refractivity contribution >= 4 is 34.5 Å². The molecule has 2 saturated heterocycles. The van der Waals surface area contributed by atoms with Gasteiger partial charge in [0.05, 0.1) is 25.3 Å². The van der Waals surface area contributed by atoms with Crippen LogP contribution in [0.1, 0.15) is 17.8 Å². The number of ether oxygens (including phenoxy) is 1. The van der Waals surface area contributed by atoms with Gasteiger partial charge >= 0.3 is 5.97 Å². The highest BCUT2D eigenvalue weighted by atomic mass is 32.2. The van der Waals surface area contributed by atoms with E-state index in [9.17, 15) is 9.35 Å². The number of esters is 1. The topological polar surface area (TPSA) is 81.1 Å². The summed E-state index contributed by atoms with van der Waals surface area (Å²) in [6, 6.07) is 0.131. The minimum Gasteiger partial charge on any atom is -0.598 e. The second-order valence-electron chi connectivity index (χ2n) is 5.88. The van der Waals surface area contributed by atoms with Crippen LogP contribution in [-0.2, 0) is 20.9 Å². The molecular weight excluding hydrogens is 348 g/mol. The molecule has 3 aliphatic rings. The highest BCUT2D eigenvalue weighted by Crippen LogP contribution is 2.35. The van der Waals surface area contributed by atoms with Gasteiger partial charge in [-0.25, -0.2) is 9.78 Å². The Balaban J connectivity index is 1.67. The maximum Gasteiger partial charge on any atom is 0.337 e. The minimum atomic E-state index is -0.921. The summed E-state index contributed by atoms with van der Waals surface area (Å²) in [5.74, 6) is 1.20. The van der Waals surface area contributed by atoms with Gasteiger partial charge in [0.2, 0.25) is 0 Å². The summed E-state index contributed by atoms with van der Waals surface area (Å²) in [6.07, 6.45) is 3.41. The molecule has 0 N–H and O–H groups in total.